The number of hydrogen-bond donors (Lipinski definition) is 1. The maximum atomic E-state index is 12.9. The van der Waals surface area contributed by atoms with Gasteiger partial charge in [-0.05, 0) is 24.1 Å². The fourth-order valence-corrected chi connectivity index (χ4v) is 3.40. The highest BCUT2D eigenvalue weighted by Gasteiger charge is 2.24. The normalized spacial score (nSPS) is 17.9. The molecule has 0 bridgehead atoms. The van der Waals surface area contributed by atoms with E-state index in [9.17, 15) is 9.18 Å². The van der Waals surface area contributed by atoms with Crippen LogP contribution in [0.25, 0.3) is 0 Å². The molecule has 6 heteroatoms. The van der Waals surface area contributed by atoms with Crippen LogP contribution in [0.15, 0.2) is 29.6 Å². The lowest BCUT2D eigenvalue weighted by molar-refractivity contribution is -0.129. The molecule has 1 amide bonds. The average molecular weight is 319 g/mol. The van der Waals surface area contributed by atoms with Crippen molar-refractivity contribution in [3.8, 4) is 0 Å². The van der Waals surface area contributed by atoms with Crippen molar-refractivity contribution in [3.63, 3.8) is 0 Å². The van der Waals surface area contributed by atoms with Gasteiger partial charge < -0.3 is 10.6 Å². The summed E-state index contributed by atoms with van der Waals surface area (Å²) in [6.45, 7) is 1.39. The minimum Gasteiger partial charge on any atom is -0.341 e. The smallest absolute Gasteiger partial charge is 0.228 e. The van der Waals surface area contributed by atoms with Gasteiger partial charge in [0, 0.05) is 30.9 Å². The summed E-state index contributed by atoms with van der Waals surface area (Å²) in [5.41, 5.74) is 7.63. The van der Waals surface area contributed by atoms with E-state index < -0.39 is 0 Å². The molecule has 1 aromatic carbocycles. The third-order valence-corrected chi connectivity index (χ3v) is 4.68. The number of aromatic nitrogens is 1. The van der Waals surface area contributed by atoms with Crippen molar-refractivity contribution in [2.75, 3.05) is 13.1 Å². The van der Waals surface area contributed by atoms with E-state index in [0.717, 1.165) is 29.2 Å². The van der Waals surface area contributed by atoms with Gasteiger partial charge in [0.05, 0.1) is 17.1 Å². The first-order chi connectivity index (χ1) is 10.6. The van der Waals surface area contributed by atoms with Gasteiger partial charge in [0.2, 0.25) is 5.91 Å². The molecule has 2 heterocycles. The maximum Gasteiger partial charge on any atom is 0.228 e. The number of nitrogens with zero attached hydrogens (tertiary/aromatic N) is 2. The van der Waals surface area contributed by atoms with Crippen LogP contribution in [-0.4, -0.2) is 34.9 Å². The third kappa shape index (κ3) is 3.69. The summed E-state index contributed by atoms with van der Waals surface area (Å²) in [7, 11) is 0. The number of amides is 1. The van der Waals surface area contributed by atoms with E-state index in [1.807, 2.05) is 10.3 Å². The first-order valence-electron chi connectivity index (χ1n) is 7.31. The highest BCUT2D eigenvalue weighted by atomic mass is 32.1. The van der Waals surface area contributed by atoms with Crippen molar-refractivity contribution in [3.05, 3.63) is 51.7 Å². The van der Waals surface area contributed by atoms with E-state index in [4.69, 9.17) is 5.73 Å². The van der Waals surface area contributed by atoms with E-state index in [2.05, 4.69) is 4.98 Å². The number of thiazole rings is 1. The number of hydrogen-bond acceptors (Lipinski definition) is 4. The molecule has 0 spiro atoms. The molecular weight excluding hydrogens is 301 g/mol. The summed E-state index contributed by atoms with van der Waals surface area (Å²) in [6.07, 6.45) is 1.86. The number of carbonyl (C=O) groups excluding carboxylic acids is 1. The van der Waals surface area contributed by atoms with Crippen LogP contribution in [0.1, 0.15) is 22.7 Å². The largest absolute Gasteiger partial charge is 0.341 e. The Balaban J connectivity index is 1.59. The molecule has 0 radical (unpaired) electrons. The predicted octanol–water partition coefficient (Wildman–Crippen LogP) is 1.98. The Morgan fingerprint density at radius 2 is 2.18 bits per heavy atom. The van der Waals surface area contributed by atoms with Gasteiger partial charge in [0.25, 0.3) is 0 Å². The number of carbonyl (C=O) groups is 1. The van der Waals surface area contributed by atoms with Crippen molar-refractivity contribution in [2.24, 2.45) is 5.73 Å². The van der Waals surface area contributed by atoms with Gasteiger partial charge in [-0.1, -0.05) is 12.1 Å². The Kier molecular flexibility index (Phi) is 4.49. The first-order valence-corrected chi connectivity index (χ1v) is 8.19. The van der Waals surface area contributed by atoms with Crippen LogP contribution in [0.2, 0.25) is 0 Å². The molecule has 4 nitrogen and oxygen atoms in total. The highest BCUT2D eigenvalue weighted by Crippen LogP contribution is 2.17. The van der Waals surface area contributed by atoms with Crippen LogP contribution < -0.4 is 5.73 Å². The molecule has 1 saturated heterocycles. The van der Waals surface area contributed by atoms with Crippen LogP contribution in [0.3, 0.4) is 0 Å². The standard InChI is InChI=1S/C16H18FN3OS/c17-12-3-1-11(2-4-12)7-15-19-14(10-22-15)8-16(21)20-6-5-13(18)9-20/h1-4,10,13H,5-9,18H2. The van der Waals surface area contributed by atoms with E-state index in [-0.39, 0.29) is 17.8 Å². The minimum atomic E-state index is -0.238. The molecule has 1 aliphatic rings. The molecule has 2 N–H and O–H groups in total. The molecule has 0 aliphatic carbocycles. The van der Waals surface area contributed by atoms with Crippen LogP contribution in [0, 0.1) is 5.82 Å². The van der Waals surface area contributed by atoms with Crippen LogP contribution in [0.4, 0.5) is 4.39 Å². The molecule has 0 saturated carbocycles. The number of halogens is 1. The van der Waals surface area contributed by atoms with Gasteiger partial charge in [-0.2, -0.15) is 0 Å². The second-order valence-corrected chi connectivity index (χ2v) is 6.54. The second kappa shape index (κ2) is 6.54. The molecule has 1 fully saturated rings. The van der Waals surface area contributed by atoms with Crippen LogP contribution in [-0.2, 0) is 17.6 Å². The Hall–Kier alpha value is -1.79. The molecular formula is C16H18FN3OS. The predicted molar refractivity (Wildman–Crippen MR) is 84.2 cm³/mol. The van der Waals surface area contributed by atoms with Gasteiger partial charge in [0.15, 0.2) is 0 Å². The van der Waals surface area contributed by atoms with Crippen molar-refractivity contribution in [1.82, 2.24) is 9.88 Å². The lowest BCUT2D eigenvalue weighted by Gasteiger charge is -2.14. The molecule has 3 rings (SSSR count). The molecule has 1 aliphatic heterocycles. The quantitative estimate of drug-likeness (QED) is 0.937. The van der Waals surface area contributed by atoms with E-state index >= 15 is 0 Å². The highest BCUT2D eigenvalue weighted by molar-refractivity contribution is 7.09. The first kappa shape index (κ1) is 15.1. The lowest BCUT2D eigenvalue weighted by Crippen LogP contribution is -2.33. The van der Waals surface area contributed by atoms with Crippen molar-refractivity contribution >= 4 is 17.2 Å². The summed E-state index contributed by atoms with van der Waals surface area (Å²) in [5, 5.41) is 2.86. The third-order valence-electron chi connectivity index (χ3n) is 3.78. The lowest BCUT2D eigenvalue weighted by atomic mass is 10.1. The molecule has 22 heavy (non-hydrogen) atoms. The fourth-order valence-electron chi connectivity index (χ4n) is 2.57. The molecule has 1 aromatic heterocycles. The van der Waals surface area contributed by atoms with Gasteiger partial charge >= 0.3 is 0 Å². The number of benzene rings is 1. The summed E-state index contributed by atoms with van der Waals surface area (Å²) in [6, 6.07) is 6.52. The van der Waals surface area contributed by atoms with Crippen molar-refractivity contribution in [2.45, 2.75) is 25.3 Å². The van der Waals surface area contributed by atoms with E-state index in [1.165, 1.54) is 23.5 Å². The van der Waals surface area contributed by atoms with Gasteiger partial charge in [-0.15, -0.1) is 11.3 Å². The molecule has 1 unspecified atom stereocenters. The van der Waals surface area contributed by atoms with E-state index in [1.54, 1.807) is 12.1 Å². The topological polar surface area (TPSA) is 59.2 Å². The Labute approximate surface area is 132 Å². The summed E-state index contributed by atoms with van der Waals surface area (Å²) >= 11 is 1.53. The van der Waals surface area contributed by atoms with Crippen LogP contribution >= 0.6 is 11.3 Å². The zero-order valence-corrected chi connectivity index (χ0v) is 13.0. The van der Waals surface area contributed by atoms with Gasteiger partial charge in [0.1, 0.15) is 5.82 Å². The summed E-state index contributed by atoms with van der Waals surface area (Å²) in [5.74, 6) is -0.149. The maximum absolute atomic E-state index is 12.9. The Bertz CT molecular complexity index is 656. The SMILES string of the molecule is NC1CCN(C(=O)Cc2csc(Cc3ccc(F)cc3)n2)C1. The van der Waals surface area contributed by atoms with Gasteiger partial charge in [-0.3, -0.25) is 4.79 Å². The number of rotatable bonds is 4. The Morgan fingerprint density at radius 3 is 2.86 bits per heavy atom. The molecule has 116 valence electrons. The van der Waals surface area contributed by atoms with Gasteiger partial charge in [-0.25, -0.2) is 9.37 Å². The number of nitrogens with two attached hydrogens (primary N) is 1. The summed E-state index contributed by atoms with van der Waals surface area (Å²) < 4.78 is 12.9. The minimum absolute atomic E-state index is 0.0894. The Morgan fingerprint density at radius 1 is 1.41 bits per heavy atom. The zero-order chi connectivity index (χ0) is 15.5. The van der Waals surface area contributed by atoms with Crippen LogP contribution in [0.5, 0.6) is 0 Å². The average Bonchev–Trinajstić information content (AvgIpc) is 3.11. The van der Waals surface area contributed by atoms with Crippen molar-refractivity contribution in [1.29, 1.82) is 0 Å². The fraction of sp³-hybridized carbons (Fsp3) is 0.375. The zero-order valence-electron chi connectivity index (χ0n) is 12.2. The molecule has 1 atom stereocenters. The monoisotopic (exact) mass is 319 g/mol. The summed E-state index contributed by atoms with van der Waals surface area (Å²) in [4.78, 5) is 18.5. The molecule has 2 aromatic rings. The van der Waals surface area contributed by atoms with Crippen molar-refractivity contribution < 1.29 is 9.18 Å². The number of likely N-dealkylation sites (tertiary alicyclic amines) is 1. The second-order valence-electron chi connectivity index (χ2n) is 5.60. The van der Waals surface area contributed by atoms with E-state index in [0.29, 0.717) is 19.4 Å².